The zero-order chi connectivity index (χ0) is 18.5. The molecule has 0 aliphatic carbocycles. The van der Waals surface area contributed by atoms with Crippen molar-refractivity contribution in [1.82, 2.24) is 10.2 Å². The summed E-state index contributed by atoms with van der Waals surface area (Å²) in [6.07, 6.45) is 0. The van der Waals surface area contributed by atoms with Gasteiger partial charge in [-0.1, -0.05) is 36.0 Å². The van der Waals surface area contributed by atoms with Gasteiger partial charge in [-0.05, 0) is 43.7 Å². The summed E-state index contributed by atoms with van der Waals surface area (Å²) >= 11 is 1.21. The lowest BCUT2D eigenvalue weighted by molar-refractivity contribution is -0.115. The third kappa shape index (κ3) is 4.23. The van der Waals surface area contributed by atoms with Gasteiger partial charge in [0.25, 0.3) is 5.22 Å². The van der Waals surface area contributed by atoms with Crippen molar-refractivity contribution in [2.24, 2.45) is 0 Å². The highest BCUT2D eigenvalue weighted by atomic mass is 32.2. The number of carbonyl (C=O) groups is 1. The van der Waals surface area contributed by atoms with E-state index in [0.717, 1.165) is 11.1 Å². The number of ether oxygens (including phenoxy) is 1. The van der Waals surface area contributed by atoms with E-state index in [-0.39, 0.29) is 5.91 Å². The number of hydrogen-bond donors (Lipinski definition) is 1. The second kappa shape index (κ2) is 8.05. The van der Waals surface area contributed by atoms with Crippen molar-refractivity contribution in [1.29, 1.82) is 0 Å². The smallest absolute Gasteiger partial charge is 0.277 e. The summed E-state index contributed by atoms with van der Waals surface area (Å²) in [5, 5.41) is 10.9. The molecule has 0 saturated heterocycles. The second-order valence-electron chi connectivity index (χ2n) is 5.69. The van der Waals surface area contributed by atoms with Crippen LogP contribution < -0.4 is 10.1 Å². The largest absolute Gasteiger partial charge is 0.495 e. The lowest BCUT2D eigenvalue weighted by Crippen LogP contribution is -2.22. The third-order valence-corrected chi connectivity index (χ3v) is 4.62. The normalized spacial score (nSPS) is 11.8. The maximum absolute atomic E-state index is 12.5. The minimum absolute atomic E-state index is 0.168. The average molecular weight is 369 g/mol. The van der Waals surface area contributed by atoms with Gasteiger partial charge in [-0.15, -0.1) is 10.2 Å². The first-order valence-electron chi connectivity index (χ1n) is 8.08. The summed E-state index contributed by atoms with van der Waals surface area (Å²) in [4.78, 5) is 12.5. The minimum Gasteiger partial charge on any atom is -0.495 e. The molecule has 1 heterocycles. The number of amides is 1. The van der Waals surface area contributed by atoms with E-state index in [1.165, 1.54) is 11.8 Å². The monoisotopic (exact) mass is 369 g/mol. The second-order valence-corrected chi connectivity index (χ2v) is 6.98. The van der Waals surface area contributed by atoms with Crippen LogP contribution in [0.15, 0.2) is 58.2 Å². The van der Waals surface area contributed by atoms with Crippen molar-refractivity contribution in [3.05, 3.63) is 54.1 Å². The van der Waals surface area contributed by atoms with Gasteiger partial charge >= 0.3 is 0 Å². The molecule has 1 atom stereocenters. The first-order chi connectivity index (χ1) is 12.6. The van der Waals surface area contributed by atoms with Crippen LogP contribution in [0.1, 0.15) is 12.5 Å². The third-order valence-electron chi connectivity index (χ3n) is 3.69. The molecule has 1 amide bonds. The minimum atomic E-state index is -0.413. The standard InChI is InChI=1S/C19H19N3O3S/c1-12-9-10-16(24-3)15(11-12)20-17(23)13(2)26-19-22-21-18(25-19)14-7-5-4-6-8-14/h4-11,13H,1-3H3,(H,20,23)/t13-/m0/s1. The van der Waals surface area contributed by atoms with Crippen LogP contribution in [-0.4, -0.2) is 28.5 Å². The Morgan fingerprint density at radius 2 is 1.96 bits per heavy atom. The Bertz CT molecular complexity index is 896. The number of benzene rings is 2. The molecule has 26 heavy (non-hydrogen) atoms. The van der Waals surface area contributed by atoms with Crippen molar-refractivity contribution in [2.45, 2.75) is 24.3 Å². The zero-order valence-electron chi connectivity index (χ0n) is 14.7. The molecule has 7 heteroatoms. The van der Waals surface area contributed by atoms with Gasteiger partial charge in [-0.3, -0.25) is 4.79 Å². The van der Waals surface area contributed by atoms with Crippen LogP contribution in [0.25, 0.3) is 11.5 Å². The Hall–Kier alpha value is -2.80. The van der Waals surface area contributed by atoms with Crippen LogP contribution >= 0.6 is 11.8 Å². The number of aromatic nitrogens is 2. The first kappa shape index (κ1) is 18.0. The van der Waals surface area contributed by atoms with Gasteiger partial charge in [0.05, 0.1) is 18.0 Å². The highest BCUT2D eigenvalue weighted by Crippen LogP contribution is 2.29. The number of aryl methyl sites for hydroxylation is 1. The highest BCUT2D eigenvalue weighted by molar-refractivity contribution is 8.00. The predicted octanol–water partition coefficient (Wildman–Crippen LogP) is 4.17. The van der Waals surface area contributed by atoms with Crippen LogP contribution in [0.5, 0.6) is 5.75 Å². The number of anilines is 1. The van der Waals surface area contributed by atoms with E-state index in [0.29, 0.717) is 22.6 Å². The van der Waals surface area contributed by atoms with Gasteiger partial charge in [0.2, 0.25) is 11.8 Å². The van der Waals surface area contributed by atoms with E-state index in [1.54, 1.807) is 14.0 Å². The van der Waals surface area contributed by atoms with Crippen molar-refractivity contribution in [3.8, 4) is 17.2 Å². The quantitative estimate of drug-likeness (QED) is 0.657. The fourth-order valence-corrected chi connectivity index (χ4v) is 3.00. The first-order valence-corrected chi connectivity index (χ1v) is 8.96. The molecule has 0 aliphatic heterocycles. The molecule has 0 radical (unpaired) electrons. The lowest BCUT2D eigenvalue weighted by Gasteiger charge is -2.13. The van der Waals surface area contributed by atoms with Crippen LogP contribution in [0.4, 0.5) is 5.69 Å². The molecular weight excluding hydrogens is 350 g/mol. The van der Waals surface area contributed by atoms with Gasteiger partial charge in [-0.25, -0.2) is 0 Å². The van der Waals surface area contributed by atoms with Crippen LogP contribution in [0.2, 0.25) is 0 Å². The molecule has 0 aliphatic rings. The maximum Gasteiger partial charge on any atom is 0.277 e. The van der Waals surface area contributed by atoms with Gasteiger partial charge in [0, 0.05) is 5.56 Å². The molecule has 1 N–H and O–H groups in total. The van der Waals surface area contributed by atoms with E-state index in [1.807, 2.05) is 55.5 Å². The molecule has 6 nitrogen and oxygen atoms in total. The molecule has 0 saturated carbocycles. The summed E-state index contributed by atoms with van der Waals surface area (Å²) in [5.74, 6) is 0.879. The molecule has 0 spiro atoms. The van der Waals surface area contributed by atoms with E-state index in [2.05, 4.69) is 15.5 Å². The molecule has 0 bridgehead atoms. The SMILES string of the molecule is COc1ccc(C)cc1NC(=O)[C@H](C)Sc1nnc(-c2ccccc2)o1. The topological polar surface area (TPSA) is 77.2 Å². The fourth-order valence-electron chi connectivity index (χ4n) is 2.31. The number of rotatable bonds is 6. The Balaban J connectivity index is 1.67. The van der Waals surface area contributed by atoms with Crippen LogP contribution in [-0.2, 0) is 4.79 Å². The van der Waals surface area contributed by atoms with Gasteiger partial charge < -0.3 is 14.5 Å². The number of thioether (sulfide) groups is 1. The number of carbonyl (C=O) groups excluding carboxylic acids is 1. The summed E-state index contributed by atoms with van der Waals surface area (Å²) in [6.45, 7) is 3.74. The molecule has 3 rings (SSSR count). The van der Waals surface area contributed by atoms with Crippen molar-refractivity contribution < 1.29 is 13.9 Å². The van der Waals surface area contributed by atoms with Crippen molar-refractivity contribution in [3.63, 3.8) is 0 Å². The predicted molar refractivity (Wildman–Crippen MR) is 101 cm³/mol. The summed E-state index contributed by atoms with van der Waals surface area (Å²) in [7, 11) is 1.57. The molecule has 2 aromatic carbocycles. The Labute approximate surface area is 156 Å². The molecule has 1 aromatic heterocycles. The maximum atomic E-state index is 12.5. The van der Waals surface area contributed by atoms with Gasteiger partial charge in [0.15, 0.2) is 0 Å². The molecule has 134 valence electrons. The number of methoxy groups -OCH3 is 1. The van der Waals surface area contributed by atoms with E-state index in [4.69, 9.17) is 9.15 Å². The van der Waals surface area contributed by atoms with E-state index < -0.39 is 5.25 Å². The van der Waals surface area contributed by atoms with E-state index >= 15 is 0 Å². The number of nitrogens with zero attached hydrogens (tertiary/aromatic N) is 2. The van der Waals surface area contributed by atoms with E-state index in [9.17, 15) is 4.79 Å². The molecule has 0 unspecified atom stereocenters. The number of nitrogens with one attached hydrogen (secondary N) is 1. The van der Waals surface area contributed by atoms with Crippen molar-refractivity contribution in [2.75, 3.05) is 12.4 Å². The van der Waals surface area contributed by atoms with Gasteiger partial charge in [-0.2, -0.15) is 0 Å². The number of hydrogen-bond acceptors (Lipinski definition) is 6. The fraction of sp³-hybridized carbons (Fsp3) is 0.211. The summed E-state index contributed by atoms with van der Waals surface area (Å²) in [5.41, 5.74) is 2.51. The Morgan fingerprint density at radius 1 is 1.19 bits per heavy atom. The Morgan fingerprint density at radius 3 is 2.69 bits per heavy atom. The van der Waals surface area contributed by atoms with Crippen LogP contribution in [0.3, 0.4) is 0 Å². The average Bonchev–Trinajstić information content (AvgIpc) is 3.11. The summed E-state index contributed by atoms with van der Waals surface area (Å²) in [6, 6.07) is 15.1. The van der Waals surface area contributed by atoms with Gasteiger partial charge in [0.1, 0.15) is 5.75 Å². The summed E-state index contributed by atoms with van der Waals surface area (Å²) < 4.78 is 10.9. The zero-order valence-corrected chi connectivity index (χ0v) is 15.5. The van der Waals surface area contributed by atoms with Crippen LogP contribution in [0, 0.1) is 6.92 Å². The highest BCUT2D eigenvalue weighted by Gasteiger charge is 2.20. The lowest BCUT2D eigenvalue weighted by atomic mass is 10.2. The van der Waals surface area contributed by atoms with Crippen molar-refractivity contribution >= 4 is 23.4 Å². The molecule has 3 aromatic rings. The molecular formula is C19H19N3O3S. The molecule has 0 fully saturated rings. The Kier molecular flexibility index (Phi) is 5.58.